The van der Waals surface area contributed by atoms with Crippen LogP contribution in [0.5, 0.6) is 0 Å². The third-order valence-corrected chi connectivity index (χ3v) is 6.22. The van der Waals surface area contributed by atoms with Gasteiger partial charge in [-0.15, -0.1) is 0 Å². The van der Waals surface area contributed by atoms with E-state index in [4.69, 9.17) is 4.52 Å². The van der Waals surface area contributed by atoms with Crippen LogP contribution >= 0.6 is 0 Å². The van der Waals surface area contributed by atoms with Gasteiger partial charge in [0, 0.05) is 19.2 Å². The van der Waals surface area contributed by atoms with Crippen LogP contribution in [0.15, 0.2) is 33.7 Å². The first kappa shape index (κ1) is 20.5. The molecule has 0 fully saturated rings. The first-order valence-corrected chi connectivity index (χ1v) is 10.7. The lowest BCUT2D eigenvalue weighted by atomic mass is 9.98. The fraction of sp³-hybridized carbons (Fsp3) is 0.474. The Kier molecular flexibility index (Phi) is 5.87. The average molecular weight is 407 g/mol. The number of aliphatic hydroxyl groups excluding tert-OH is 1. The number of sulfonamides is 1. The Balaban J connectivity index is 1.71. The zero-order valence-electron chi connectivity index (χ0n) is 16.2. The number of hydrogen-bond donors (Lipinski definition) is 2. The Bertz CT molecular complexity index is 968. The first-order valence-electron chi connectivity index (χ1n) is 9.18. The molecular weight excluding hydrogens is 382 g/mol. The van der Waals surface area contributed by atoms with Crippen molar-refractivity contribution in [2.75, 3.05) is 6.54 Å². The number of carbonyl (C=O) groups excluding carboxylic acids is 1. The van der Waals surface area contributed by atoms with Crippen LogP contribution in [-0.4, -0.2) is 42.1 Å². The smallest absolute Gasteiger partial charge is 0.251 e. The Morgan fingerprint density at radius 3 is 2.71 bits per heavy atom. The van der Waals surface area contributed by atoms with Crippen LogP contribution < -0.4 is 4.72 Å². The monoisotopic (exact) mass is 407 g/mol. The van der Waals surface area contributed by atoms with Crippen molar-refractivity contribution in [3.8, 4) is 0 Å². The maximum absolute atomic E-state index is 12.6. The summed E-state index contributed by atoms with van der Waals surface area (Å²) in [5.74, 6) is 0.174. The summed E-state index contributed by atoms with van der Waals surface area (Å²) < 4.78 is 32.6. The molecule has 3 rings (SSSR count). The van der Waals surface area contributed by atoms with Gasteiger partial charge in [0.25, 0.3) is 5.91 Å². The molecule has 1 aliphatic rings. The minimum absolute atomic E-state index is 0.0477. The van der Waals surface area contributed by atoms with Crippen molar-refractivity contribution < 1.29 is 22.8 Å². The van der Waals surface area contributed by atoms with Crippen LogP contribution in [0.3, 0.4) is 0 Å². The molecule has 2 heterocycles. The summed E-state index contributed by atoms with van der Waals surface area (Å²) in [5, 5.41) is 13.8. The second-order valence-corrected chi connectivity index (χ2v) is 9.15. The number of aromatic nitrogens is 1. The van der Waals surface area contributed by atoms with E-state index in [1.807, 2.05) is 0 Å². The van der Waals surface area contributed by atoms with Crippen molar-refractivity contribution in [3.63, 3.8) is 0 Å². The molecule has 152 valence electrons. The molecule has 2 aromatic rings. The molecule has 2 N–H and O–H groups in total. The SMILES string of the molecule is Cc1cc(CNS(=O)(=O)c2ccc3c(c2)CCN(C(=O)C(O)C(C)C)C3)no1. The molecule has 1 atom stereocenters. The average Bonchev–Trinajstić information content (AvgIpc) is 3.09. The van der Waals surface area contributed by atoms with E-state index < -0.39 is 16.1 Å². The number of nitrogens with zero attached hydrogens (tertiary/aromatic N) is 2. The van der Waals surface area contributed by atoms with Gasteiger partial charge >= 0.3 is 0 Å². The molecule has 1 unspecified atom stereocenters. The van der Waals surface area contributed by atoms with Crippen molar-refractivity contribution in [2.45, 2.75) is 51.3 Å². The van der Waals surface area contributed by atoms with Crippen molar-refractivity contribution >= 4 is 15.9 Å². The van der Waals surface area contributed by atoms with E-state index in [9.17, 15) is 18.3 Å². The molecule has 1 aliphatic heterocycles. The standard InChI is InChI=1S/C19H25N3O5S/c1-12(2)18(23)19(24)22-7-6-14-9-17(5-4-15(14)11-22)28(25,26)20-10-16-8-13(3)27-21-16/h4-5,8-9,12,18,20,23H,6-7,10-11H2,1-3H3. The molecular formula is C19H25N3O5S. The van der Waals surface area contributed by atoms with Crippen LogP contribution in [0.25, 0.3) is 0 Å². The summed E-state index contributed by atoms with van der Waals surface area (Å²) in [4.78, 5) is 14.1. The van der Waals surface area contributed by atoms with Crippen LogP contribution in [-0.2, 0) is 34.3 Å². The summed E-state index contributed by atoms with van der Waals surface area (Å²) in [6.45, 7) is 6.19. The molecule has 0 bridgehead atoms. The number of rotatable bonds is 6. The fourth-order valence-electron chi connectivity index (χ4n) is 3.11. The van der Waals surface area contributed by atoms with Crippen LogP contribution in [0.4, 0.5) is 0 Å². The maximum Gasteiger partial charge on any atom is 0.251 e. The minimum Gasteiger partial charge on any atom is -0.383 e. The Labute approximate surface area is 164 Å². The van der Waals surface area contributed by atoms with Gasteiger partial charge in [0.05, 0.1) is 17.1 Å². The molecule has 9 heteroatoms. The first-order chi connectivity index (χ1) is 13.2. The topological polar surface area (TPSA) is 113 Å². The summed E-state index contributed by atoms with van der Waals surface area (Å²) in [6, 6.07) is 6.58. The number of fused-ring (bicyclic) bond motifs is 1. The zero-order chi connectivity index (χ0) is 20.5. The van der Waals surface area contributed by atoms with Gasteiger partial charge < -0.3 is 14.5 Å². The van der Waals surface area contributed by atoms with E-state index in [1.165, 1.54) is 6.07 Å². The molecule has 1 aromatic heterocycles. The fourth-order valence-corrected chi connectivity index (χ4v) is 4.16. The highest BCUT2D eigenvalue weighted by Crippen LogP contribution is 2.24. The molecule has 0 spiro atoms. The normalized spacial score (nSPS) is 15.5. The van der Waals surface area contributed by atoms with Crippen LogP contribution in [0.2, 0.25) is 0 Å². The van der Waals surface area contributed by atoms with Gasteiger partial charge in [0.1, 0.15) is 11.9 Å². The van der Waals surface area contributed by atoms with Gasteiger partial charge in [-0.3, -0.25) is 4.79 Å². The third-order valence-electron chi connectivity index (χ3n) is 4.82. The van der Waals surface area contributed by atoms with Crippen molar-refractivity contribution in [3.05, 3.63) is 46.8 Å². The van der Waals surface area contributed by atoms with Gasteiger partial charge in [-0.25, -0.2) is 13.1 Å². The van der Waals surface area contributed by atoms with Gasteiger partial charge in [-0.05, 0) is 42.5 Å². The van der Waals surface area contributed by atoms with Gasteiger partial charge in [0.2, 0.25) is 10.0 Å². The summed E-state index contributed by atoms with van der Waals surface area (Å²) >= 11 is 0. The molecule has 0 radical (unpaired) electrons. The quantitative estimate of drug-likeness (QED) is 0.748. The van der Waals surface area contributed by atoms with Crippen molar-refractivity contribution in [1.82, 2.24) is 14.8 Å². The highest BCUT2D eigenvalue weighted by Gasteiger charge is 2.28. The van der Waals surface area contributed by atoms with E-state index in [-0.39, 0.29) is 23.3 Å². The molecule has 8 nitrogen and oxygen atoms in total. The molecule has 0 saturated heterocycles. The zero-order valence-corrected chi connectivity index (χ0v) is 17.0. The Morgan fingerprint density at radius 2 is 2.07 bits per heavy atom. The highest BCUT2D eigenvalue weighted by atomic mass is 32.2. The van der Waals surface area contributed by atoms with E-state index in [1.54, 1.807) is 43.9 Å². The number of amides is 1. The number of benzene rings is 1. The molecule has 0 aliphatic carbocycles. The second-order valence-electron chi connectivity index (χ2n) is 7.38. The molecule has 0 saturated carbocycles. The third kappa shape index (κ3) is 4.43. The lowest BCUT2D eigenvalue weighted by Gasteiger charge is -2.31. The maximum atomic E-state index is 12.6. The number of aliphatic hydroxyl groups is 1. The molecule has 1 aromatic carbocycles. The van der Waals surface area contributed by atoms with Crippen LogP contribution in [0.1, 0.15) is 36.4 Å². The Morgan fingerprint density at radius 1 is 1.32 bits per heavy atom. The van der Waals surface area contributed by atoms with Crippen LogP contribution in [0, 0.1) is 12.8 Å². The number of hydrogen-bond acceptors (Lipinski definition) is 6. The van der Waals surface area contributed by atoms with Crippen molar-refractivity contribution in [1.29, 1.82) is 0 Å². The summed E-state index contributed by atoms with van der Waals surface area (Å²) in [6.07, 6.45) is -0.483. The van der Waals surface area contributed by atoms with Gasteiger partial charge in [0.15, 0.2) is 0 Å². The predicted octanol–water partition coefficient (Wildman–Crippen LogP) is 1.36. The minimum atomic E-state index is -3.69. The van der Waals surface area contributed by atoms with E-state index in [2.05, 4.69) is 9.88 Å². The number of carbonyl (C=O) groups is 1. The molecule has 1 amide bonds. The molecule has 28 heavy (non-hydrogen) atoms. The predicted molar refractivity (Wildman–Crippen MR) is 102 cm³/mol. The largest absolute Gasteiger partial charge is 0.383 e. The lowest BCUT2D eigenvalue weighted by Crippen LogP contribution is -2.44. The van der Waals surface area contributed by atoms with Gasteiger partial charge in [-0.1, -0.05) is 25.1 Å². The van der Waals surface area contributed by atoms with E-state index >= 15 is 0 Å². The number of nitrogens with one attached hydrogen (secondary N) is 1. The lowest BCUT2D eigenvalue weighted by molar-refractivity contribution is -0.143. The Hall–Kier alpha value is -2.23. The van der Waals surface area contributed by atoms with Gasteiger partial charge in [-0.2, -0.15) is 0 Å². The van der Waals surface area contributed by atoms with E-state index in [0.29, 0.717) is 31.0 Å². The second kappa shape index (κ2) is 8.02. The summed E-state index contributed by atoms with van der Waals surface area (Å²) in [5.41, 5.74) is 2.29. The highest BCUT2D eigenvalue weighted by molar-refractivity contribution is 7.89. The van der Waals surface area contributed by atoms with E-state index in [0.717, 1.165) is 11.1 Å². The number of aryl methyl sites for hydroxylation is 1. The summed E-state index contributed by atoms with van der Waals surface area (Å²) in [7, 11) is -3.69. The van der Waals surface area contributed by atoms with Crippen molar-refractivity contribution in [2.24, 2.45) is 5.92 Å².